The molecule has 0 aliphatic rings. The molecule has 1 aromatic carbocycles. The van der Waals surface area contributed by atoms with Crippen molar-refractivity contribution >= 4 is 22.6 Å². The molecule has 100 valence electrons. The number of nitrogens with zero attached hydrogens (tertiary/aromatic N) is 1. The van der Waals surface area contributed by atoms with E-state index in [2.05, 4.69) is 34.5 Å². The molecule has 0 spiro atoms. The maximum atomic E-state index is 5.96. The fourth-order valence-electron chi connectivity index (χ4n) is 1.73. The van der Waals surface area contributed by atoms with Crippen LogP contribution in [0.2, 0.25) is 0 Å². The molecule has 1 aromatic heterocycles. The molecular formula is C15H17IN2O. The van der Waals surface area contributed by atoms with Crippen LogP contribution in [0, 0.1) is 3.57 Å². The summed E-state index contributed by atoms with van der Waals surface area (Å²) in [5, 5.41) is 0. The van der Waals surface area contributed by atoms with Crippen LogP contribution in [0.25, 0.3) is 0 Å². The summed E-state index contributed by atoms with van der Waals surface area (Å²) in [5.74, 6) is 1.60. The van der Waals surface area contributed by atoms with E-state index in [-0.39, 0.29) is 6.04 Å². The van der Waals surface area contributed by atoms with Crippen LogP contribution in [-0.2, 0) is 6.42 Å². The van der Waals surface area contributed by atoms with Gasteiger partial charge in [-0.1, -0.05) is 19.1 Å². The van der Waals surface area contributed by atoms with Crippen molar-refractivity contribution in [2.24, 2.45) is 5.73 Å². The van der Waals surface area contributed by atoms with E-state index in [1.807, 2.05) is 36.5 Å². The number of hydrogen-bond acceptors (Lipinski definition) is 3. The van der Waals surface area contributed by atoms with Crippen molar-refractivity contribution in [1.29, 1.82) is 0 Å². The minimum absolute atomic E-state index is 0.175. The highest BCUT2D eigenvalue weighted by atomic mass is 127. The van der Waals surface area contributed by atoms with Gasteiger partial charge in [-0.2, -0.15) is 0 Å². The number of benzene rings is 1. The third-order valence-corrected chi connectivity index (χ3v) is 3.75. The fraction of sp³-hybridized carbons (Fsp3) is 0.267. The van der Waals surface area contributed by atoms with Crippen molar-refractivity contribution in [3.05, 3.63) is 51.9 Å². The van der Waals surface area contributed by atoms with E-state index >= 15 is 0 Å². The molecule has 0 radical (unpaired) electrons. The zero-order valence-electron chi connectivity index (χ0n) is 10.8. The van der Waals surface area contributed by atoms with Crippen molar-refractivity contribution in [2.45, 2.75) is 25.8 Å². The van der Waals surface area contributed by atoms with E-state index in [1.165, 1.54) is 0 Å². The van der Waals surface area contributed by atoms with Crippen molar-refractivity contribution in [2.75, 3.05) is 0 Å². The summed E-state index contributed by atoms with van der Waals surface area (Å²) in [6, 6.07) is 10.1. The third kappa shape index (κ3) is 4.18. The van der Waals surface area contributed by atoms with Gasteiger partial charge in [-0.3, -0.25) is 4.98 Å². The Bertz CT molecular complexity index is 545. The summed E-state index contributed by atoms with van der Waals surface area (Å²) in [6.07, 6.45) is 5.36. The first-order chi connectivity index (χ1) is 9.19. The molecule has 2 rings (SSSR count). The van der Waals surface area contributed by atoms with Crippen molar-refractivity contribution < 1.29 is 4.74 Å². The van der Waals surface area contributed by atoms with Gasteiger partial charge in [0.2, 0.25) is 0 Å². The van der Waals surface area contributed by atoms with Crippen LogP contribution < -0.4 is 10.5 Å². The smallest absolute Gasteiger partial charge is 0.146 e. The van der Waals surface area contributed by atoms with Crippen molar-refractivity contribution in [3.63, 3.8) is 0 Å². The van der Waals surface area contributed by atoms with Crippen LogP contribution in [0.3, 0.4) is 0 Å². The monoisotopic (exact) mass is 368 g/mol. The third-order valence-electron chi connectivity index (χ3n) is 2.86. The molecule has 2 aromatic rings. The number of pyridine rings is 1. The van der Waals surface area contributed by atoms with Crippen molar-refractivity contribution in [3.8, 4) is 11.5 Å². The molecule has 0 saturated carbocycles. The maximum Gasteiger partial charge on any atom is 0.146 e. The van der Waals surface area contributed by atoms with Crippen molar-refractivity contribution in [1.82, 2.24) is 4.98 Å². The quantitative estimate of drug-likeness (QED) is 0.818. The van der Waals surface area contributed by atoms with Gasteiger partial charge >= 0.3 is 0 Å². The first-order valence-electron chi connectivity index (χ1n) is 6.31. The minimum atomic E-state index is 0.175. The number of para-hydroxylation sites is 1. The molecule has 0 fully saturated rings. The molecule has 3 nitrogen and oxygen atoms in total. The molecular weight excluding hydrogens is 351 g/mol. The maximum absolute atomic E-state index is 5.96. The van der Waals surface area contributed by atoms with E-state index in [4.69, 9.17) is 10.5 Å². The van der Waals surface area contributed by atoms with Gasteiger partial charge in [0.15, 0.2) is 0 Å². The topological polar surface area (TPSA) is 48.1 Å². The average molecular weight is 368 g/mol. The van der Waals surface area contributed by atoms with Gasteiger partial charge in [0, 0.05) is 12.2 Å². The normalized spacial score (nSPS) is 12.2. The van der Waals surface area contributed by atoms with E-state index in [1.54, 1.807) is 6.20 Å². The minimum Gasteiger partial charge on any atom is -0.455 e. The second-order valence-electron chi connectivity index (χ2n) is 4.43. The lowest BCUT2D eigenvalue weighted by molar-refractivity contribution is 0.475. The standard InChI is InChI=1S/C15H17IN2O/c1-2-12(17)7-11-8-13(10-18-9-11)19-15-6-4-3-5-14(15)16/h3-6,8-10,12H,2,7,17H2,1H3. The molecule has 1 heterocycles. The van der Waals surface area contributed by atoms with Crippen LogP contribution in [0.4, 0.5) is 0 Å². The van der Waals surface area contributed by atoms with Crippen LogP contribution in [0.1, 0.15) is 18.9 Å². The van der Waals surface area contributed by atoms with Crippen LogP contribution >= 0.6 is 22.6 Å². The fourth-order valence-corrected chi connectivity index (χ4v) is 2.23. The molecule has 1 atom stereocenters. The molecule has 19 heavy (non-hydrogen) atoms. The summed E-state index contributed by atoms with van der Waals surface area (Å²) < 4.78 is 6.93. The first-order valence-corrected chi connectivity index (χ1v) is 7.38. The number of nitrogens with two attached hydrogens (primary N) is 1. The summed E-state index contributed by atoms with van der Waals surface area (Å²) in [7, 11) is 0. The van der Waals surface area contributed by atoms with E-state index < -0.39 is 0 Å². The van der Waals surface area contributed by atoms with Gasteiger partial charge in [-0.05, 0) is 59.2 Å². The molecule has 2 N–H and O–H groups in total. The SMILES string of the molecule is CCC(N)Cc1cncc(Oc2ccccc2I)c1. The Balaban J connectivity index is 2.13. The van der Waals surface area contributed by atoms with Crippen LogP contribution in [0.15, 0.2) is 42.7 Å². The van der Waals surface area contributed by atoms with E-state index in [0.29, 0.717) is 0 Å². The Morgan fingerprint density at radius 3 is 2.84 bits per heavy atom. The zero-order valence-corrected chi connectivity index (χ0v) is 13.0. The van der Waals surface area contributed by atoms with Gasteiger partial charge in [0.25, 0.3) is 0 Å². The number of halogens is 1. The zero-order chi connectivity index (χ0) is 13.7. The predicted molar refractivity (Wildman–Crippen MR) is 85.4 cm³/mol. The molecule has 0 aliphatic heterocycles. The van der Waals surface area contributed by atoms with E-state index in [0.717, 1.165) is 33.5 Å². The molecule has 4 heteroatoms. The Kier molecular flexibility index (Phi) is 5.15. The van der Waals surface area contributed by atoms with Crippen LogP contribution in [0.5, 0.6) is 11.5 Å². The first kappa shape index (κ1) is 14.3. The highest BCUT2D eigenvalue weighted by molar-refractivity contribution is 14.1. The lowest BCUT2D eigenvalue weighted by Crippen LogP contribution is -2.21. The summed E-state index contributed by atoms with van der Waals surface area (Å²) >= 11 is 2.26. The molecule has 0 aliphatic carbocycles. The van der Waals surface area contributed by atoms with Gasteiger partial charge in [0.05, 0.1) is 9.77 Å². The molecule has 1 unspecified atom stereocenters. The number of ether oxygens (including phenoxy) is 1. The molecule has 0 saturated heterocycles. The van der Waals surface area contributed by atoms with Crippen LogP contribution in [-0.4, -0.2) is 11.0 Å². The largest absolute Gasteiger partial charge is 0.455 e. The van der Waals surface area contributed by atoms with E-state index in [9.17, 15) is 0 Å². The van der Waals surface area contributed by atoms with Gasteiger partial charge in [-0.15, -0.1) is 0 Å². The van der Waals surface area contributed by atoms with Gasteiger partial charge in [-0.25, -0.2) is 0 Å². The predicted octanol–water partition coefficient (Wildman–Crippen LogP) is 3.76. The highest BCUT2D eigenvalue weighted by Gasteiger charge is 2.05. The second kappa shape index (κ2) is 6.86. The average Bonchev–Trinajstić information content (AvgIpc) is 2.42. The molecule has 0 amide bonds. The number of aromatic nitrogens is 1. The highest BCUT2D eigenvalue weighted by Crippen LogP contribution is 2.26. The number of rotatable bonds is 5. The Hall–Kier alpha value is -1.14. The lowest BCUT2D eigenvalue weighted by atomic mass is 10.1. The van der Waals surface area contributed by atoms with Gasteiger partial charge in [0.1, 0.15) is 11.5 Å². The Morgan fingerprint density at radius 1 is 1.32 bits per heavy atom. The second-order valence-corrected chi connectivity index (χ2v) is 5.60. The Morgan fingerprint density at radius 2 is 2.11 bits per heavy atom. The van der Waals surface area contributed by atoms with Gasteiger partial charge < -0.3 is 10.5 Å². The Labute approximate surface area is 127 Å². The molecule has 0 bridgehead atoms. The summed E-state index contributed by atoms with van der Waals surface area (Å²) in [5.41, 5.74) is 7.07. The lowest BCUT2D eigenvalue weighted by Gasteiger charge is -2.11. The summed E-state index contributed by atoms with van der Waals surface area (Å²) in [4.78, 5) is 4.21. The summed E-state index contributed by atoms with van der Waals surface area (Å²) in [6.45, 7) is 2.09. The number of hydrogen-bond donors (Lipinski definition) is 1.